The molecule has 0 aliphatic heterocycles. The SMILES string of the molecule is CCN(Cc1cccc(C(F)(F)F)c1)C(C)(C)C(=O)O. The molecule has 1 rings (SSSR count). The summed E-state index contributed by atoms with van der Waals surface area (Å²) < 4.78 is 37.9. The monoisotopic (exact) mass is 289 g/mol. The molecule has 0 saturated carbocycles. The molecule has 0 spiro atoms. The lowest BCUT2D eigenvalue weighted by Crippen LogP contribution is -2.49. The molecule has 1 aromatic carbocycles. The zero-order chi connectivity index (χ0) is 15.6. The van der Waals surface area contributed by atoms with Crippen LogP contribution in [0.5, 0.6) is 0 Å². The van der Waals surface area contributed by atoms with Crippen molar-refractivity contribution in [1.29, 1.82) is 0 Å². The number of hydrogen-bond acceptors (Lipinski definition) is 2. The van der Waals surface area contributed by atoms with Crippen LogP contribution >= 0.6 is 0 Å². The Hall–Kier alpha value is -1.56. The van der Waals surface area contributed by atoms with Gasteiger partial charge in [-0.3, -0.25) is 9.69 Å². The van der Waals surface area contributed by atoms with E-state index in [-0.39, 0.29) is 6.54 Å². The van der Waals surface area contributed by atoms with Crippen molar-refractivity contribution in [3.63, 3.8) is 0 Å². The highest BCUT2D eigenvalue weighted by molar-refractivity contribution is 5.77. The summed E-state index contributed by atoms with van der Waals surface area (Å²) in [4.78, 5) is 12.8. The average molecular weight is 289 g/mol. The number of aliphatic carboxylic acids is 1. The van der Waals surface area contributed by atoms with Crippen LogP contribution in [0.4, 0.5) is 13.2 Å². The first-order valence-corrected chi connectivity index (χ1v) is 6.23. The Morgan fingerprint density at radius 1 is 1.30 bits per heavy atom. The number of hydrogen-bond donors (Lipinski definition) is 1. The number of likely N-dealkylation sites (N-methyl/N-ethyl adjacent to an activating group) is 1. The fourth-order valence-electron chi connectivity index (χ4n) is 1.91. The number of carboxylic acids is 1. The molecule has 0 fully saturated rings. The topological polar surface area (TPSA) is 40.5 Å². The van der Waals surface area contributed by atoms with E-state index in [0.29, 0.717) is 12.1 Å². The minimum absolute atomic E-state index is 0.153. The molecule has 0 amide bonds. The Morgan fingerprint density at radius 3 is 2.35 bits per heavy atom. The molecule has 0 saturated heterocycles. The Kier molecular flexibility index (Phi) is 4.81. The van der Waals surface area contributed by atoms with Gasteiger partial charge in [0.2, 0.25) is 0 Å². The molecule has 0 heterocycles. The molecule has 1 aromatic rings. The molecule has 0 atom stereocenters. The van der Waals surface area contributed by atoms with E-state index in [4.69, 9.17) is 0 Å². The van der Waals surface area contributed by atoms with Crippen molar-refractivity contribution in [2.24, 2.45) is 0 Å². The summed E-state index contributed by atoms with van der Waals surface area (Å²) in [6.45, 7) is 5.42. The maximum absolute atomic E-state index is 12.6. The molecule has 0 aliphatic rings. The van der Waals surface area contributed by atoms with Gasteiger partial charge in [0.1, 0.15) is 5.54 Å². The molecule has 0 unspecified atom stereocenters. The fourth-order valence-corrected chi connectivity index (χ4v) is 1.91. The van der Waals surface area contributed by atoms with E-state index >= 15 is 0 Å². The molecule has 112 valence electrons. The quantitative estimate of drug-likeness (QED) is 0.903. The van der Waals surface area contributed by atoms with Crippen LogP contribution in [0.25, 0.3) is 0 Å². The third-order valence-corrected chi connectivity index (χ3v) is 3.32. The van der Waals surface area contributed by atoms with Crippen molar-refractivity contribution >= 4 is 5.97 Å². The second kappa shape index (κ2) is 5.83. The predicted molar refractivity (Wildman–Crippen MR) is 69.2 cm³/mol. The molecule has 6 heteroatoms. The molecule has 0 radical (unpaired) electrons. The lowest BCUT2D eigenvalue weighted by Gasteiger charge is -2.34. The van der Waals surface area contributed by atoms with Gasteiger partial charge < -0.3 is 5.11 Å². The molecule has 3 nitrogen and oxygen atoms in total. The van der Waals surface area contributed by atoms with E-state index in [0.717, 1.165) is 12.1 Å². The number of benzene rings is 1. The smallest absolute Gasteiger partial charge is 0.416 e. The zero-order valence-electron chi connectivity index (χ0n) is 11.7. The summed E-state index contributed by atoms with van der Waals surface area (Å²) in [7, 11) is 0. The van der Waals surface area contributed by atoms with Gasteiger partial charge >= 0.3 is 12.1 Å². The average Bonchev–Trinajstić information content (AvgIpc) is 2.34. The van der Waals surface area contributed by atoms with E-state index in [9.17, 15) is 23.1 Å². The lowest BCUT2D eigenvalue weighted by molar-refractivity contribution is -0.149. The van der Waals surface area contributed by atoms with Crippen LogP contribution in [-0.2, 0) is 17.5 Å². The van der Waals surface area contributed by atoms with Gasteiger partial charge in [0.25, 0.3) is 0 Å². The Morgan fingerprint density at radius 2 is 1.90 bits per heavy atom. The van der Waals surface area contributed by atoms with Gasteiger partial charge in [0.15, 0.2) is 0 Å². The van der Waals surface area contributed by atoms with Gasteiger partial charge in [-0.1, -0.05) is 25.1 Å². The van der Waals surface area contributed by atoms with Crippen molar-refractivity contribution in [1.82, 2.24) is 4.90 Å². The zero-order valence-corrected chi connectivity index (χ0v) is 11.7. The van der Waals surface area contributed by atoms with Crippen molar-refractivity contribution in [2.75, 3.05) is 6.54 Å². The van der Waals surface area contributed by atoms with E-state index in [1.807, 2.05) is 0 Å². The molecule has 0 bridgehead atoms. The van der Waals surface area contributed by atoms with Crippen LogP contribution in [0.2, 0.25) is 0 Å². The molecule has 0 aliphatic carbocycles. The third-order valence-electron chi connectivity index (χ3n) is 3.32. The first-order chi connectivity index (χ1) is 9.09. The predicted octanol–water partition coefficient (Wildman–Crippen LogP) is 3.39. The maximum atomic E-state index is 12.6. The van der Waals surface area contributed by atoms with Crippen LogP contribution in [-0.4, -0.2) is 28.1 Å². The summed E-state index contributed by atoms with van der Waals surface area (Å²) in [6, 6.07) is 4.96. The minimum Gasteiger partial charge on any atom is -0.480 e. The van der Waals surface area contributed by atoms with Gasteiger partial charge in [-0.15, -0.1) is 0 Å². The lowest BCUT2D eigenvalue weighted by atomic mass is 10.0. The first-order valence-electron chi connectivity index (χ1n) is 6.23. The maximum Gasteiger partial charge on any atom is 0.416 e. The van der Waals surface area contributed by atoms with Crippen molar-refractivity contribution in [2.45, 2.75) is 39.0 Å². The van der Waals surface area contributed by atoms with Crippen LogP contribution in [0.15, 0.2) is 24.3 Å². The normalized spacial score (nSPS) is 12.8. The first kappa shape index (κ1) is 16.5. The van der Waals surface area contributed by atoms with Gasteiger partial charge in [-0.2, -0.15) is 13.2 Å². The number of halogens is 3. The number of alkyl halides is 3. The minimum atomic E-state index is -4.39. The van der Waals surface area contributed by atoms with Gasteiger partial charge in [0.05, 0.1) is 5.56 Å². The summed E-state index contributed by atoms with van der Waals surface area (Å²) in [5.74, 6) is -1.01. The number of rotatable bonds is 5. The number of carbonyl (C=O) groups is 1. The highest BCUT2D eigenvalue weighted by Crippen LogP contribution is 2.30. The second-order valence-electron chi connectivity index (χ2n) is 5.08. The highest BCUT2D eigenvalue weighted by atomic mass is 19.4. The highest BCUT2D eigenvalue weighted by Gasteiger charge is 2.34. The van der Waals surface area contributed by atoms with E-state index in [2.05, 4.69) is 0 Å². The molecule has 0 aromatic heterocycles. The second-order valence-corrected chi connectivity index (χ2v) is 5.08. The molecule has 1 N–H and O–H groups in total. The van der Waals surface area contributed by atoms with Crippen molar-refractivity contribution in [3.8, 4) is 0 Å². The van der Waals surface area contributed by atoms with Gasteiger partial charge in [0, 0.05) is 6.54 Å². The van der Waals surface area contributed by atoms with Crippen LogP contribution in [0.1, 0.15) is 31.9 Å². The number of carboxylic acid groups (broad SMARTS) is 1. The summed E-state index contributed by atoms with van der Waals surface area (Å²) in [5, 5.41) is 9.18. The van der Waals surface area contributed by atoms with Gasteiger partial charge in [-0.05, 0) is 32.0 Å². The standard InChI is InChI=1S/C14H18F3NO2/c1-4-18(13(2,3)12(19)20)9-10-6-5-7-11(8-10)14(15,16)17/h5-8H,4,9H2,1-3H3,(H,19,20). The van der Waals surface area contributed by atoms with Crippen molar-refractivity contribution < 1.29 is 23.1 Å². The Bertz CT molecular complexity index is 484. The van der Waals surface area contributed by atoms with E-state index in [1.54, 1.807) is 17.9 Å². The van der Waals surface area contributed by atoms with Crippen molar-refractivity contribution in [3.05, 3.63) is 35.4 Å². The van der Waals surface area contributed by atoms with Crippen LogP contribution in [0, 0.1) is 0 Å². The Balaban J connectivity index is 3.00. The third kappa shape index (κ3) is 3.72. The molecular formula is C14H18F3NO2. The summed E-state index contributed by atoms with van der Waals surface area (Å²) >= 11 is 0. The molecular weight excluding hydrogens is 271 g/mol. The number of nitrogens with zero attached hydrogens (tertiary/aromatic N) is 1. The largest absolute Gasteiger partial charge is 0.480 e. The van der Waals surface area contributed by atoms with Crippen LogP contribution < -0.4 is 0 Å². The van der Waals surface area contributed by atoms with E-state index < -0.39 is 23.2 Å². The summed E-state index contributed by atoms with van der Waals surface area (Å²) in [5.41, 5.74) is -1.42. The Labute approximate surface area is 116 Å². The molecule has 20 heavy (non-hydrogen) atoms. The van der Waals surface area contributed by atoms with Crippen LogP contribution in [0.3, 0.4) is 0 Å². The fraction of sp³-hybridized carbons (Fsp3) is 0.500. The summed E-state index contributed by atoms with van der Waals surface area (Å²) in [6.07, 6.45) is -4.39. The van der Waals surface area contributed by atoms with E-state index in [1.165, 1.54) is 19.9 Å². The van der Waals surface area contributed by atoms with Gasteiger partial charge in [-0.25, -0.2) is 0 Å².